The number of hydrogen-bond acceptors (Lipinski definition) is 3. The van der Waals surface area contributed by atoms with E-state index in [1.165, 1.54) is 12.3 Å². The molecular formula is C21H14Cl4N2O2. The molecule has 3 rings (SSSR count). The third kappa shape index (κ3) is 6.12. The molecule has 8 heteroatoms. The smallest absolute Gasteiger partial charge is 0.271 e. The van der Waals surface area contributed by atoms with Crippen LogP contribution in [0.5, 0.6) is 5.75 Å². The van der Waals surface area contributed by atoms with Crippen LogP contribution in [-0.2, 0) is 6.61 Å². The third-order valence-corrected chi connectivity index (χ3v) is 5.11. The van der Waals surface area contributed by atoms with Crippen LogP contribution in [0.4, 0.5) is 0 Å². The van der Waals surface area contributed by atoms with E-state index in [1.54, 1.807) is 42.5 Å². The van der Waals surface area contributed by atoms with Crippen molar-refractivity contribution in [3.63, 3.8) is 0 Å². The van der Waals surface area contributed by atoms with Gasteiger partial charge in [0.1, 0.15) is 12.4 Å². The van der Waals surface area contributed by atoms with Crippen molar-refractivity contribution in [1.82, 2.24) is 5.43 Å². The van der Waals surface area contributed by atoms with Gasteiger partial charge in [-0.3, -0.25) is 4.79 Å². The first kappa shape index (κ1) is 21.5. The minimum Gasteiger partial charge on any atom is -0.487 e. The monoisotopic (exact) mass is 466 g/mol. The second-order valence-corrected chi connectivity index (χ2v) is 7.59. The summed E-state index contributed by atoms with van der Waals surface area (Å²) in [5, 5.41) is 5.70. The van der Waals surface area contributed by atoms with Gasteiger partial charge < -0.3 is 4.74 Å². The Bertz CT molecular complexity index is 1050. The fourth-order valence-corrected chi connectivity index (χ4v) is 2.99. The van der Waals surface area contributed by atoms with Gasteiger partial charge in [0.15, 0.2) is 0 Å². The highest BCUT2D eigenvalue weighted by Crippen LogP contribution is 2.26. The molecule has 0 aliphatic heterocycles. The van der Waals surface area contributed by atoms with Gasteiger partial charge in [0, 0.05) is 10.6 Å². The molecule has 0 fully saturated rings. The van der Waals surface area contributed by atoms with Gasteiger partial charge in [-0.05, 0) is 59.7 Å². The zero-order valence-corrected chi connectivity index (χ0v) is 17.9. The summed E-state index contributed by atoms with van der Waals surface area (Å²) in [4.78, 5) is 12.1. The Kier molecular flexibility index (Phi) is 7.40. The van der Waals surface area contributed by atoms with E-state index in [0.717, 1.165) is 5.56 Å². The van der Waals surface area contributed by atoms with Gasteiger partial charge in [0.05, 0.1) is 21.3 Å². The predicted octanol–water partition coefficient (Wildman–Crippen LogP) is 6.64. The van der Waals surface area contributed by atoms with Crippen molar-refractivity contribution >= 4 is 58.5 Å². The summed E-state index contributed by atoms with van der Waals surface area (Å²) >= 11 is 23.9. The minimum atomic E-state index is -0.408. The maximum Gasteiger partial charge on any atom is 0.271 e. The van der Waals surface area contributed by atoms with Gasteiger partial charge in [0.2, 0.25) is 0 Å². The molecule has 0 radical (unpaired) electrons. The molecule has 3 aromatic carbocycles. The van der Waals surface area contributed by atoms with Gasteiger partial charge in [-0.25, -0.2) is 5.43 Å². The van der Waals surface area contributed by atoms with Crippen LogP contribution in [-0.4, -0.2) is 12.1 Å². The predicted molar refractivity (Wildman–Crippen MR) is 119 cm³/mol. The van der Waals surface area contributed by atoms with Gasteiger partial charge >= 0.3 is 0 Å². The number of rotatable bonds is 6. The zero-order valence-electron chi connectivity index (χ0n) is 14.8. The molecule has 0 aliphatic carbocycles. The van der Waals surface area contributed by atoms with E-state index >= 15 is 0 Å². The second kappa shape index (κ2) is 9.99. The lowest BCUT2D eigenvalue weighted by atomic mass is 10.2. The number of benzene rings is 3. The van der Waals surface area contributed by atoms with E-state index in [4.69, 9.17) is 51.1 Å². The number of nitrogens with zero attached hydrogens (tertiary/aromatic N) is 1. The second-order valence-electron chi connectivity index (χ2n) is 5.93. The first-order valence-electron chi connectivity index (χ1n) is 8.37. The normalized spacial score (nSPS) is 10.9. The lowest BCUT2D eigenvalue weighted by Gasteiger charge is -2.09. The molecule has 0 aromatic heterocycles. The van der Waals surface area contributed by atoms with Gasteiger partial charge in [-0.1, -0.05) is 58.5 Å². The molecule has 0 heterocycles. The molecule has 0 atom stereocenters. The van der Waals surface area contributed by atoms with Crippen LogP contribution in [0.3, 0.4) is 0 Å². The molecule has 0 unspecified atom stereocenters. The standard InChI is InChI=1S/C21H14Cl4N2O2/c22-16-5-1-13(2-6-16)12-29-20-8-3-14(9-19(20)25)11-26-27-21(28)15-4-7-17(23)18(24)10-15/h1-11H,12H2,(H,27,28)/b26-11-. The molecule has 29 heavy (non-hydrogen) atoms. The summed E-state index contributed by atoms with van der Waals surface area (Å²) in [6.07, 6.45) is 1.48. The Hall–Kier alpha value is -2.24. The number of nitrogens with one attached hydrogen (secondary N) is 1. The molecule has 3 aromatic rings. The number of hydrazone groups is 1. The Morgan fingerprint density at radius 2 is 1.66 bits per heavy atom. The van der Waals surface area contributed by atoms with E-state index in [0.29, 0.717) is 43.6 Å². The Balaban J connectivity index is 1.58. The molecule has 0 bridgehead atoms. The fraction of sp³-hybridized carbons (Fsp3) is 0.0476. The summed E-state index contributed by atoms with van der Waals surface area (Å²) < 4.78 is 5.73. The molecule has 1 amide bonds. The number of ether oxygens (including phenoxy) is 1. The molecular weight excluding hydrogens is 454 g/mol. The van der Waals surface area contributed by atoms with E-state index in [1.807, 2.05) is 12.1 Å². The molecule has 0 spiro atoms. The first-order chi connectivity index (χ1) is 13.9. The van der Waals surface area contributed by atoms with Crippen LogP contribution in [0, 0.1) is 0 Å². The quantitative estimate of drug-likeness (QED) is 0.326. The van der Waals surface area contributed by atoms with Crippen molar-refractivity contribution in [2.75, 3.05) is 0 Å². The first-order valence-corrected chi connectivity index (χ1v) is 9.89. The maximum absolute atomic E-state index is 12.1. The van der Waals surface area contributed by atoms with E-state index in [-0.39, 0.29) is 0 Å². The molecule has 4 nitrogen and oxygen atoms in total. The zero-order chi connectivity index (χ0) is 20.8. The van der Waals surface area contributed by atoms with E-state index in [2.05, 4.69) is 10.5 Å². The number of hydrogen-bond donors (Lipinski definition) is 1. The summed E-state index contributed by atoms with van der Waals surface area (Å²) in [5.74, 6) is 0.132. The summed E-state index contributed by atoms with van der Waals surface area (Å²) in [5.41, 5.74) is 4.44. The van der Waals surface area contributed by atoms with Crippen molar-refractivity contribution in [2.24, 2.45) is 5.10 Å². The number of carbonyl (C=O) groups excluding carboxylic acids is 1. The largest absolute Gasteiger partial charge is 0.487 e. The molecule has 148 valence electrons. The highest BCUT2D eigenvalue weighted by molar-refractivity contribution is 6.42. The lowest BCUT2D eigenvalue weighted by Crippen LogP contribution is -2.17. The number of amides is 1. The van der Waals surface area contributed by atoms with E-state index in [9.17, 15) is 4.79 Å². The van der Waals surface area contributed by atoms with Gasteiger partial charge in [-0.15, -0.1) is 0 Å². The highest BCUT2D eigenvalue weighted by Gasteiger charge is 2.07. The summed E-state index contributed by atoms with van der Waals surface area (Å²) in [6.45, 7) is 0.365. The van der Waals surface area contributed by atoms with Crippen LogP contribution in [0.1, 0.15) is 21.5 Å². The topological polar surface area (TPSA) is 50.7 Å². The number of halogens is 4. The highest BCUT2D eigenvalue weighted by atomic mass is 35.5. The van der Waals surface area contributed by atoms with Crippen molar-refractivity contribution in [2.45, 2.75) is 6.61 Å². The maximum atomic E-state index is 12.1. The van der Waals surface area contributed by atoms with Crippen LogP contribution < -0.4 is 10.2 Å². The Morgan fingerprint density at radius 1 is 0.897 bits per heavy atom. The van der Waals surface area contributed by atoms with Crippen molar-refractivity contribution in [3.8, 4) is 5.75 Å². The number of carbonyl (C=O) groups is 1. The summed E-state index contributed by atoms with van der Waals surface area (Å²) in [7, 11) is 0. The van der Waals surface area contributed by atoms with Crippen molar-refractivity contribution in [3.05, 3.63) is 97.4 Å². The van der Waals surface area contributed by atoms with Crippen LogP contribution in [0.2, 0.25) is 20.1 Å². The molecule has 1 N–H and O–H groups in total. The fourth-order valence-electron chi connectivity index (χ4n) is 2.32. The molecule has 0 saturated heterocycles. The van der Waals surface area contributed by atoms with Crippen LogP contribution >= 0.6 is 46.4 Å². The lowest BCUT2D eigenvalue weighted by molar-refractivity contribution is 0.0955. The SMILES string of the molecule is O=C(N/N=C\c1ccc(OCc2ccc(Cl)cc2)c(Cl)c1)c1ccc(Cl)c(Cl)c1. The Morgan fingerprint density at radius 3 is 2.34 bits per heavy atom. The average Bonchev–Trinajstić information content (AvgIpc) is 2.70. The minimum absolute atomic E-state index is 0.296. The average molecular weight is 468 g/mol. The Labute approximate surface area is 188 Å². The summed E-state index contributed by atoms with van der Waals surface area (Å²) in [6, 6.07) is 17.1. The van der Waals surface area contributed by atoms with Crippen molar-refractivity contribution in [1.29, 1.82) is 0 Å². The third-order valence-electron chi connectivity index (χ3n) is 3.83. The van der Waals surface area contributed by atoms with E-state index < -0.39 is 5.91 Å². The van der Waals surface area contributed by atoms with Crippen LogP contribution in [0.15, 0.2) is 65.8 Å². The molecule has 0 saturated carbocycles. The van der Waals surface area contributed by atoms with Crippen molar-refractivity contribution < 1.29 is 9.53 Å². The molecule has 0 aliphatic rings. The van der Waals surface area contributed by atoms with Gasteiger partial charge in [-0.2, -0.15) is 5.10 Å². The van der Waals surface area contributed by atoms with Crippen LogP contribution in [0.25, 0.3) is 0 Å². The van der Waals surface area contributed by atoms with Gasteiger partial charge in [0.25, 0.3) is 5.91 Å².